The smallest absolute Gasteiger partial charge is 0.294 e. The second kappa shape index (κ2) is 9.66. The van der Waals surface area contributed by atoms with Crippen LogP contribution in [0.3, 0.4) is 0 Å². The first-order chi connectivity index (χ1) is 20.1. The maximum Gasteiger partial charge on any atom is 0.294 e. The van der Waals surface area contributed by atoms with Crippen LogP contribution in [-0.4, -0.2) is 77.3 Å². The van der Waals surface area contributed by atoms with Gasteiger partial charge >= 0.3 is 0 Å². The third-order valence-corrected chi connectivity index (χ3v) is 10.2. The summed E-state index contributed by atoms with van der Waals surface area (Å²) in [5, 5.41) is 14.0. The molecular formula is C27H28N10O3S2. The summed E-state index contributed by atoms with van der Waals surface area (Å²) in [6.07, 6.45) is 7.26. The number of nitrogen functional groups attached to an aromatic ring is 1. The van der Waals surface area contributed by atoms with Crippen LogP contribution >= 0.6 is 11.3 Å². The van der Waals surface area contributed by atoms with E-state index in [1.54, 1.807) is 19.3 Å². The molecule has 3 N–H and O–H groups in total. The molecule has 0 spiro atoms. The maximum atomic E-state index is 13.3. The molecule has 0 aromatic carbocycles. The van der Waals surface area contributed by atoms with Crippen molar-refractivity contribution in [2.24, 2.45) is 0 Å². The van der Waals surface area contributed by atoms with Gasteiger partial charge in [0.1, 0.15) is 21.5 Å². The van der Waals surface area contributed by atoms with Gasteiger partial charge in [-0.05, 0) is 45.6 Å². The number of aryl methyl sites for hydroxylation is 2. The van der Waals surface area contributed by atoms with Crippen LogP contribution in [-0.2, 0) is 9.84 Å². The van der Waals surface area contributed by atoms with Gasteiger partial charge in [-0.15, -0.1) is 16.4 Å². The lowest BCUT2D eigenvalue weighted by atomic mass is 9.87. The second-order valence-corrected chi connectivity index (χ2v) is 13.8. The number of hydrogen-bond acceptors (Lipinski definition) is 11. The number of aromatic amines is 1. The summed E-state index contributed by atoms with van der Waals surface area (Å²) in [5.41, 5.74) is 10.6. The van der Waals surface area contributed by atoms with Crippen LogP contribution in [0.15, 0.2) is 34.8 Å². The van der Waals surface area contributed by atoms with Crippen LogP contribution in [0.5, 0.6) is 0 Å². The van der Waals surface area contributed by atoms with Crippen LogP contribution in [0.4, 0.5) is 5.82 Å². The zero-order valence-corrected chi connectivity index (χ0v) is 24.8. The molecule has 2 saturated heterocycles. The lowest BCUT2D eigenvalue weighted by molar-refractivity contribution is 0.0556. The van der Waals surface area contributed by atoms with Gasteiger partial charge in [0.15, 0.2) is 15.5 Å². The number of carbonyl (C=O) groups excluding carboxylic acids is 1. The molecule has 7 heterocycles. The summed E-state index contributed by atoms with van der Waals surface area (Å²) in [4.78, 5) is 33.4. The number of pyridine rings is 1. The first kappa shape index (κ1) is 26.6. The monoisotopic (exact) mass is 604 g/mol. The van der Waals surface area contributed by atoms with E-state index in [1.165, 1.54) is 15.9 Å². The minimum absolute atomic E-state index is 0.00830. The Morgan fingerprint density at radius 1 is 1.10 bits per heavy atom. The fourth-order valence-electron chi connectivity index (χ4n) is 6.32. The number of H-pyrrole nitrogens is 1. The van der Waals surface area contributed by atoms with E-state index in [4.69, 9.17) is 10.7 Å². The molecule has 42 heavy (non-hydrogen) atoms. The maximum absolute atomic E-state index is 13.3. The minimum Gasteiger partial charge on any atom is -0.382 e. The Bertz CT molecular complexity index is 1950. The Morgan fingerprint density at radius 2 is 1.86 bits per heavy atom. The number of piperidine rings is 1. The topological polar surface area (TPSA) is 178 Å². The highest BCUT2D eigenvalue weighted by atomic mass is 32.2. The molecule has 2 aliphatic rings. The number of nitrogens with zero attached hydrogens (tertiary/aromatic N) is 8. The van der Waals surface area contributed by atoms with Gasteiger partial charge in [-0.2, -0.15) is 9.61 Å². The van der Waals surface area contributed by atoms with Gasteiger partial charge in [0.05, 0.1) is 17.6 Å². The van der Waals surface area contributed by atoms with E-state index >= 15 is 0 Å². The summed E-state index contributed by atoms with van der Waals surface area (Å²) in [6.45, 7) is 3.69. The molecule has 0 saturated carbocycles. The van der Waals surface area contributed by atoms with Crippen molar-refractivity contribution in [3.8, 4) is 21.8 Å². The van der Waals surface area contributed by atoms with E-state index in [2.05, 4.69) is 30.2 Å². The molecule has 2 bridgehead atoms. The van der Waals surface area contributed by atoms with E-state index in [0.717, 1.165) is 41.1 Å². The van der Waals surface area contributed by atoms with Gasteiger partial charge in [-0.25, -0.2) is 23.4 Å². The largest absolute Gasteiger partial charge is 0.382 e. The first-order valence-corrected chi connectivity index (χ1v) is 16.3. The Morgan fingerprint density at radius 3 is 2.45 bits per heavy atom. The quantitative estimate of drug-likeness (QED) is 0.303. The van der Waals surface area contributed by atoms with Crippen LogP contribution in [0.1, 0.15) is 59.4 Å². The number of amides is 1. The van der Waals surface area contributed by atoms with Crippen molar-refractivity contribution in [1.82, 2.24) is 44.6 Å². The van der Waals surface area contributed by atoms with Crippen molar-refractivity contribution in [2.45, 2.75) is 62.4 Å². The predicted octanol–water partition coefficient (Wildman–Crippen LogP) is 3.19. The minimum atomic E-state index is -3.75. The van der Waals surface area contributed by atoms with Crippen molar-refractivity contribution in [3.05, 3.63) is 52.9 Å². The molecule has 1 amide bonds. The number of nitrogens with two attached hydrogens (primary N) is 1. The standard InChI is InChI=1S/C27H28N10O3S2/c1-13-12-41-26(31-13)20-7-4-15(10-29-20)19-11-30-37-23(28)22(42(3,39)40)21(33-25(19)37)16-8-17-5-6-18(9-16)36(17)27(38)24-32-14(2)34-35-24/h4,7,10-12,16-18H,5-6,8-9,28H2,1-3H3,(H,32,34,35)/t16?,17-,18+. The Balaban J connectivity index is 1.27. The lowest BCUT2D eigenvalue weighted by Crippen LogP contribution is -2.46. The molecular weight excluding hydrogens is 576 g/mol. The summed E-state index contributed by atoms with van der Waals surface area (Å²) in [7, 11) is -3.75. The summed E-state index contributed by atoms with van der Waals surface area (Å²) < 4.78 is 27.6. The molecule has 2 fully saturated rings. The van der Waals surface area contributed by atoms with Crippen molar-refractivity contribution >= 4 is 38.5 Å². The van der Waals surface area contributed by atoms with E-state index in [9.17, 15) is 13.2 Å². The zero-order chi connectivity index (χ0) is 29.3. The number of nitrogens with one attached hydrogen (secondary N) is 1. The molecule has 13 nitrogen and oxygen atoms in total. The van der Waals surface area contributed by atoms with E-state index in [1.807, 2.05) is 29.3 Å². The van der Waals surface area contributed by atoms with E-state index in [-0.39, 0.29) is 40.4 Å². The number of sulfone groups is 1. The SMILES string of the molecule is Cc1csc(-c2ccc(-c3cnn4c(N)c(S(C)(=O)=O)c(C5C[C@H]6CC[C@@H](C5)N6C(=O)c5n[nH]c(C)n5)nc34)cn2)n1. The molecule has 2 aliphatic heterocycles. The highest BCUT2D eigenvalue weighted by Crippen LogP contribution is 2.45. The zero-order valence-electron chi connectivity index (χ0n) is 23.1. The summed E-state index contributed by atoms with van der Waals surface area (Å²) in [6, 6.07) is 3.66. The number of aromatic nitrogens is 8. The van der Waals surface area contributed by atoms with E-state index in [0.29, 0.717) is 35.6 Å². The molecule has 0 radical (unpaired) electrons. The van der Waals surface area contributed by atoms with Crippen molar-refractivity contribution in [1.29, 1.82) is 0 Å². The Labute approximate surface area is 245 Å². The van der Waals surface area contributed by atoms with E-state index < -0.39 is 9.84 Å². The van der Waals surface area contributed by atoms with Crippen molar-refractivity contribution < 1.29 is 13.2 Å². The Kier molecular flexibility index (Phi) is 6.13. The van der Waals surface area contributed by atoms with Gasteiger partial charge < -0.3 is 10.6 Å². The van der Waals surface area contributed by atoms with Gasteiger partial charge in [-0.1, -0.05) is 6.07 Å². The third-order valence-electron chi connectivity index (χ3n) is 8.09. The molecule has 0 aliphatic carbocycles. The molecule has 216 valence electrons. The number of carbonyl (C=O) groups is 1. The predicted molar refractivity (Wildman–Crippen MR) is 156 cm³/mol. The normalized spacial score (nSPS) is 20.5. The van der Waals surface area contributed by atoms with Gasteiger partial charge in [0, 0.05) is 52.7 Å². The lowest BCUT2D eigenvalue weighted by Gasteiger charge is -2.38. The number of rotatable bonds is 5. The highest BCUT2D eigenvalue weighted by molar-refractivity contribution is 7.91. The summed E-state index contributed by atoms with van der Waals surface area (Å²) >= 11 is 1.53. The van der Waals surface area contributed by atoms with Gasteiger partial charge in [0.2, 0.25) is 5.82 Å². The fourth-order valence-corrected chi connectivity index (χ4v) is 8.15. The van der Waals surface area contributed by atoms with Gasteiger partial charge in [-0.3, -0.25) is 14.9 Å². The summed E-state index contributed by atoms with van der Waals surface area (Å²) in [5.74, 6) is 0.323. The van der Waals surface area contributed by atoms with Crippen molar-refractivity contribution in [2.75, 3.05) is 12.0 Å². The molecule has 3 atom stereocenters. The number of fused-ring (bicyclic) bond motifs is 3. The number of thiazole rings is 1. The molecule has 5 aromatic heterocycles. The molecule has 1 unspecified atom stereocenters. The molecule has 5 aromatic rings. The number of anilines is 1. The average Bonchev–Trinajstić information content (AvgIpc) is 3.74. The van der Waals surface area contributed by atoms with Crippen LogP contribution in [0.25, 0.3) is 27.5 Å². The van der Waals surface area contributed by atoms with Gasteiger partial charge in [0.25, 0.3) is 5.91 Å². The first-order valence-electron chi connectivity index (χ1n) is 13.6. The Hall–Kier alpha value is -4.24. The van der Waals surface area contributed by atoms with Crippen LogP contribution in [0.2, 0.25) is 0 Å². The average molecular weight is 605 g/mol. The molecule has 7 rings (SSSR count). The second-order valence-electron chi connectivity index (χ2n) is 11.0. The molecule has 15 heteroatoms. The number of hydrogen-bond donors (Lipinski definition) is 2. The third kappa shape index (κ3) is 4.34. The fraction of sp³-hybridized carbons (Fsp3) is 0.370. The highest BCUT2D eigenvalue weighted by Gasteiger charge is 2.46. The van der Waals surface area contributed by atoms with Crippen molar-refractivity contribution in [3.63, 3.8) is 0 Å². The van der Waals surface area contributed by atoms with Crippen LogP contribution in [0, 0.1) is 13.8 Å². The van der Waals surface area contributed by atoms with Crippen LogP contribution < -0.4 is 5.73 Å².